The van der Waals surface area contributed by atoms with Crippen molar-refractivity contribution in [1.82, 2.24) is 39.0 Å². The molecule has 12 aromatic rings. The van der Waals surface area contributed by atoms with Gasteiger partial charge in [0, 0.05) is 73.9 Å². The lowest BCUT2D eigenvalue weighted by atomic mass is 9.94. The molecule has 0 amide bonds. The van der Waals surface area contributed by atoms with E-state index in [1.54, 1.807) is 24.8 Å². The van der Waals surface area contributed by atoms with E-state index in [0.717, 1.165) is 93.6 Å². The lowest BCUT2D eigenvalue weighted by Crippen LogP contribution is -2.03. The van der Waals surface area contributed by atoms with Crippen molar-refractivity contribution in [3.05, 3.63) is 171 Å². The van der Waals surface area contributed by atoms with Crippen LogP contribution in [0.3, 0.4) is 0 Å². The van der Waals surface area contributed by atoms with E-state index in [1.807, 2.05) is 60.9 Å². The second-order valence-corrected chi connectivity index (χ2v) is 14.0. The van der Waals surface area contributed by atoms with E-state index in [4.69, 9.17) is 34.3 Å². The van der Waals surface area contributed by atoms with Crippen molar-refractivity contribution in [2.24, 2.45) is 0 Å². The van der Waals surface area contributed by atoms with Gasteiger partial charge < -0.3 is 8.98 Å². The summed E-state index contributed by atoms with van der Waals surface area (Å²) in [5.41, 5.74) is 9.96. The van der Waals surface area contributed by atoms with Gasteiger partial charge in [0.15, 0.2) is 17.5 Å². The van der Waals surface area contributed by atoms with Gasteiger partial charge in [0.05, 0.1) is 45.7 Å². The zero-order valence-corrected chi connectivity index (χ0v) is 30.2. The molecule has 0 radical (unpaired) electrons. The van der Waals surface area contributed by atoms with Crippen LogP contribution in [0.15, 0.2) is 175 Å². The molecule has 0 aliphatic heterocycles. The third kappa shape index (κ3) is 4.63. The number of furan rings is 1. The van der Waals surface area contributed by atoms with Gasteiger partial charge in [0.1, 0.15) is 11.2 Å². The van der Waals surface area contributed by atoms with Crippen LogP contribution in [0.5, 0.6) is 0 Å². The topological polar surface area (TPSA) is 100 Å². The van der Waals surface area contributed by atoms with Gasteiger partial charge in [-0.1, -0.05) is 72.8 Å². The Hall–Kier alpha value is -8.04. The summed E-state index contributed by atoms with van der Waals surface area (Å²) in [6.07, 6.45) is 10.8. The number of para-hydroxylation sites is 4. The molecule has 57 heavy (non-hydrogen) atoms. The third-order valence-electron chi connectivity index (χ3n) is 10.8. The van der Waals surface area contributed by atoms with Crippen molar-refractivity contribution in [1.29, 1.82) is 0 Å². The van der Waals surface area contributed by atoms with Crippen molar-refractivity contribution in [3.8, 4) is 45.5 Å². The average molecular weight is 733 g/mol. The molecule has 0 saturated heterocycles. The standard InChI is InChI=1S/C48H28N8O/c1-2-12-30(13-3-1)55-36-17-7-5-16-33(36)42-45-41(43(47-50-22-10-23-51-47)44(46(42)55)48-52-24-11-25-53-48)32-15-4-8-18-37(32)56(45)40-28-49-27-35(54-40)29-20-21-39-34(26-29)31-14-6-9-19-38(31)57-39/h1-28H. The number of hydrogen-bond donors (Lipinski definition) is 0. The van der Waals surface area contributed by atoms with Crippen LogP contribution < -0.4 is 0 Å². The first kappa shape index (κ1) is 31.3. The SMILES string of the molecule is c1ccc(-n2c3ccccc3c3c2c(-c2ncccn2)c(-c2ncccn2)c2c4ccccc4n(-c4cncc(-c5ccc6oc7ccccc7c6c5)n4)c23)cc1. The normalized spacial score (nSPS) is 11.9. The molecular weight excluding hydrogens is 705 g/mol. The van der Waals surface area contributed by atoms with Gasteiger partial charge in [0.25, 0.3) is 0 Å². The summed E-state index contributed by atoms with van der Waals surface area (Å²) in [5, 5.41) is 6.19. The zero-order valence-electron chi connectivity index (χ0n) is 30.2. The van der Waals surface area contributed by atoms with E-state index in [2.05, 4.69) is 94.1 Å². The molecule has 6 aromatic heterocycles. The molecule has 0 aliphatic rings. The second kappa shape index (κ2) is 12.2. The molecule has 0 N–H and O–H groups in total. The van der Waals surface area contributed by atoms with Gasteiger partial charge in [-0.2, -0.15) is 0 Å². The highest BCUT2D eigenvalue weighted by molar-refractivity contribution is 6.33. The molecule has 266 valence electrons. The number of rotatable bonds is 5. The van der Waals surface area contributed by atoms with Crippen molar-refractivity contribution in [2.75, 3.05) is 0 Å². The van der Waals surface area contributed by atoms with Crippen LogP contribution in [0.25, 0.3) is 111 Å². The van der Waals surface area contributed by atoms with Crippen LogP contribution in [0.1, 0.15) is 0 Å². The Labute approximate surface area is 324 Å². The molecule has 12 rings (SSSR count). The van der Waals surface area contributed by atoms with Crippen molar-refractivity contribution in [3.63, 3.8) is 0 Å². The van der Waals surface area contributed by atoms with Gasteiger partial charge >= 0.3 is 0 Å². The summed E-state index contributed by atoms with van der Waals surface area (Å²) in [7, 11) is 0. The van der Waals surface area contributed by atoms with Gasteiger partial charge in [0.2, 0.25) is 0 Å². The summed E-state index contributed by atoms with van der Waals surface area (Å²) in [5.74, 6) is 1.82. The molecule has 0 saturated carbocycles. The Balaban J connectivity index is 1.27. The monoisotopic (exact) mass is 732 g/mol. The molecule has 9 nitrogen and oxygen atoms in total. The molecule has 0 aliphatic carbocycles. The minimum absolute atomic E-state index is 0.570. The fourth-order valence-electron chi connectivity index (χ4n) is 8.56. The fraction of sp³-hybridized carbons (Fsp3) is 0. The summed E-state index contributed by atoms with van der Waals surface area (Å²) >= 11 is 0. The first-order valence-electron chi connectivity index (χ1n) is 18.7. The Kier molecular flexibility index (Phi) is 6.73. The zero-order chi connectivity index (χ0) is 37.5. The summed E-state index contributed by atoms with van der Waals surface area (Å²) in [6.45, 7) is 0. The predicted molar refractivity (Wildman–Crippen MR) is 225 cm³/mol. The van der Waals surface area contributed by atoms with Crippen LogP contribution in [-0.4, -0.2) is 39.0 Å². The third-order valence-corrected chi connectivity index (χ3v) is 10.8. The highest BCUT2D eigenvalue weighted by atomic mass is 16.3. The number of nitrogens with zero attached hydrogens (tertiary/aromatic N) is 8. The summed E-state index contributed by atoms with van der Waals surface area (Å²) in [6, 6.07) is 45.4. The highest BCUT2D eigenvalue weighted by Crippen LogP contribution is 2.50. The van der Waals surface area contributed by atoms with E-state index in [1.165, 1.54) is 0 Å². The van der Waals surface area contributed by atoms with E-state index in [0.29, 0.717) is 17.5 Å². The largest absolute Gasteiger partial charge is 0.456 e. The van der Waals surface area contributed by atoms with Gasteiger partial charge in [-0.3, -0.25) is 9.55 Å². The predicted octanol–water partition coefficient (Wildman–Crippen LogP) is 11.2. The first-order valence-corrected chi connectivity index (χ1v) is 18.7. The van der Waals surface area contributed by atoms with E-state index in [9.17, 15) is 0 Å². The minimum atomic E-state index is 0.570. The smallest absolute Gasteiger partial charge is 0.162 e. The van der Waals surface area contributed by atoms with Crippen LogP contribution in [0, 0.1) is 0 Å². The van der Waals surface area contributed by atoms with Crippen LogP contribution in [0.2, 0.25) is 0 Å². The molecular formula is C48H28N8O. The highest BCUT2D eigenvalue weighted by Gasteiger charge is 2.31. The van der Waals surface area contributed by atoms with Gasteiger partial charge in [-0.05, 0) is 60.7 Å². The van der Waals surface area contributed by atoms with Gasteiger partial charge in [-0.15, -0.1) is 0 Å². The Morgan fingerprint density at radius 3 is 1.82 bits per heavy atom. The van der Waals surface area contributed by atoms with Gasteiger partial charge in [-0.25, -0.2) is 24.9 Å². The maximum atomic E-state index is 6.16. The van der Waals surface area contributed by atoms with Crippen molar-refractivity contribution < 1.29 is 4.42 Å². The Morgan fingerprint density at radius 1 is 0.456 bits per heavy atom. The number of hydrogen-bond acceptors (Lipinski definition) is 7. The maximum Gasteiger partial charge on any atom is 0.162 e. The first-order chi connectivity index (χ1) is 28.3. The van der Waals surface area contributed by atoms with Crippen molar-refractivity contribution >= 4 is 65.6 Å². The number of benzene rings is 6. The number of aromatic nitrogens is 8. The van der Waals surface area contributed by atoms with Crippen LogP contribution in [0.4, 0.5) is 0 Å². The quantitative estimate of drug-likeness (QED) is 0.174. The second-order valence-electron chi connectivity index (χ2n) is 14.0. The molecule has 0 fully saturated rings. The molecule has 0 spiro atoms. The van der Waals surface area contributed by atoms with Crippen LogP contribution >= 0.6 is 0 Å². The summed E-state index contributed by atoms with van der Waals surface area (Å²) in [4.78, 5) is 29.9. The lowest BCUT2D eigenvalue weighted by molar-refractivity contribution is 0.669. The summed E-state index contributed by atoms with van der Waals surface area (Å²) < 4.78 is 10.7. The lowest BCUT2D eigenvalue weighted by Gasteiger charge is -2.17. The number of fused-ring (bicyclic) bond motifs is 10. The Morgan fingerprint density at radius 2 is 1.07 bits per heavy atom. The van der Waals surface area contributed by atoms with Crippen molar-refractivity contribution in [2.45, 2.75) is 0 Å². The van der Waals surface area contributed by atoms with E-state index >= 15 is 0 Å². The maximum absolute atomic E-state index is 6.16. The molecule has 6 aromatic carbocycles. The molecule has 0 unspecified atom stereocenters. The van der Waals surface area contributed by atoms with Crippen LogP contribution in [-0.2, 0) is 0 Å². The molecule has 6 heterocycles. The molecule has 0 bridgehead atoms. The fourth-order valence-corrected chi connectivity index (χ4v) is 8.56. The minimum Gasteiger partial charge on any atom is -0.456 e. The molecule has 9 heteroatoms. The average Bonchev–Trinajstić information content (AvgIpc) is 3.94. The van der Waals surface area contributed by atoms with E-state index in [-0.39, 0.29) is 0 Å². The Bertz CT molecular complexity index is 3520. The molecule has 0 atom stereocenters. The van der Waals surface area contributed by atoms with E-state index < -0.39 is 0 Å².